The van der Waals surface area contributed by atoms with E-state index >= 15 is 0 Å². The SMILES string of the molecule is COc1ccc2oc(-c3ccccc3C#Cc3ccccc3)nc2c1. The first-order valence-electron chi connectivity index (χ1n) is 7.94. The van der Waals surface area contributed by atoms with E-state index in [1.807, 2.05) is 72.8 Å². The number of benzene rings is 3. The molecule has 0 saturated carbocycles. The topological polar surface area (TPSA) is 35.3 Å². The monoisotopic (exact) mass is 325 g/mol. The maximum atomic E-state index is 5.91. The standard InChI is InChI=1S/C22H15NO2/c1-24-18-13-14-21-20(15-18)23-22(25-21)19-10-6-5-9-17(19)12-11-16-7-3-2-4-8-16/h2-10,13-15H,1H3. The minimum absolute atomic E-state index is 0.557. The first-order valence-corrected chi connectivity index (χ1v) is 7.94. The van der Waals surface area contributed by atoms with Crippen LogP contribution < -0.4 is 4.74 Å². The fourth-order valence-electron chi connectivity index (χ4n) is 2.59. The van der Waals surface area contributed by atoms with Crippen LogP contribution in [0.25, 0.3) is 22.6 Å². The highest BCUT2D eigenvalue weighted by molar-refractivity contribution is 5.79. The Balaban J connectivity index is 1.78. The van der Waals surface area contributed by atoms with E-state index in [-0.39, 0.29) is 0 Å². The van der Waals surface area contributed by atoms with Crippen molar-refractivity contribution >= 4 is 11.1 Å². The summed E-state index contributed by atoms with van der Waals surface area (Å²) >= 11 is 0. The number of fused-ring (bicyclic) bond motifs is 1. The van der Waals surface area contributed by atoms with Crippen molar-refractivity contribution in [3.63, 3.8) is 0 Å². The van der Waals surface area contributed by atoms with Gasteiger partial charge in [-0.3, -0.25) is 0 Å². The van der Waals surface area contributed by atoms with E-state index in [9.17, 15) is 0 Å². The average molecular weight is 325 g/mol. The first-order chi connectivity index (χ1) is 12.3. The number of ether oxygens (including phenoxy) is 1. The van der Waals surface area contributed by atoms with Crippen LogP contribution in [0.4, 0.5) is 0 Å². The Morgan fingerprint density at radius 2 is 1.68 bits per heavy atom. The summed E-state index contributed by atoms with van der Waals surface area (Å²) < 4.78 is 11.2. The van der Waals surface area contributed by atoms with Crippen LogP contribution in [-0.2, 0) is 0 Å². The van der Waals surface area contributed by atoms with Crippen molar-refractivity contribution in [2.24, 2.45) is 0 Å². The summed E-state index contributed by atoms with van der Waals surface area (Å²) in [6.45, 7) is 0. The molecule has 0 amide bonds. The van der Waals surface area contributed by atoms with Gasteiger partial charge in [0.05, 0.1) is 12.7 Å². The molecule has 0 bridgehead atoms. The Morgan fingerprint density at radius 3 is 2.52 bits per heavy atom. The van der Waals surface area contributed by atoms with E-state index < -0.39 is 0 Å². The molecule has 0 spiro atoms. The lowest BCUT2D eigenvalue weighted by molar-refractivity contribution is 0.415. The lowest BCUT2D eigenvalue weighted by atomic mass is 10.1. The number of methoxy groups -OCH3 is 1. The van der Waals surface area contributed by atoms with Crippen molar-refractivity contribution < 1.29 is 9.15 Å². The summed E-state index contributed by atoms with van der Waals surface area (Å²) in [5.41, 5.74) is 4.22. The number of hydrogen-bond acceptors (Lipinski definition) is 3. The number of nitrogens with zero attached hydrogens (tertiary/aromatic N) is 1. The van der Waals surface area contributed by atoms with Gasteiger partial charge in [-0.05, 0) is 36.4 Å². The van der Waals surface area contributed by atoms with Crippen LogP contribution in [0, 0.1) is 11.8 Å². The van der Waals surface area contributed by atoms with Crippen LogP contribution in [0.2, 0.25) is 0 Å². The fourth-order valence-corrected chi connectivity index (χ4v) is 2.59. The molecular weight excluding hydrogens is 310 g/mol. The van der Waals surface area contributed by atoms with Crippen molar-refractivity contribution in [1.29, 1.82) is 0 Å². The Hall–Kier alpha value is -3.51. The molecule has 3 aromatic carbocycles. The van der Waals surface area contributed by atoms with Gasteiger partial charge < -0.3 is 9.15 Å². The fraction of sp³-hybridized carbons (Fsp3) is 0.0455. The van der Waals surface area contributed by atoms with Gasteiger partial charge in [-0.2, -0.15) is 0 Å². The van der Waals surface area contributed by atoms with E-state index in [4.69, 9.17) is 9.15 Å². The largest absolute Gasteiger partial charge is 0.497 e. The van der Waals surface area contributed by atoms with Crippen LogP contribution >= 0.6 is 0 Å². The van der Waals surface area contributed by atoms with Crippen molar-refractivity contribution in [3.05, 3.63) is 83.9 Å². The molecule has 0 fully saturated rings. The summed E-state index contributed by atoms with van der Waals surface area (Å²) in [6, 6.07) is 23.4. The van der Waals surface area contributed by atoms with Gasteiger partial charge in [0.15, 0.2) is 5.58 Å². The van der Waals surface area contributed by atoms with E-state index in [0.717, 1.165) is 33.5 Å². The summed E-state index contributed by atoms with van der Waals surface area (Å²) in [6.07, 6.45) is 0. The van der Waals surface area contributed by atoms with Crippen LogP contribution in [0.3, 0.4) is 0 Å². The Morgan fingerprint density at radius 1 is 0.880 bits per heavy atom. The molecule has 0 saturated heterocycles. The van der Waals surface area contributed by atoms with Crippen molar-refractivity contribution in [2.45, 2.75) is 0 Å². The molecule has 0 atom stereocenters. The summed E-state index contributed by atoms with van der Waals surface area (Å²) in [4.78, 5) is 4.59. The molecule has 0 radical (unpaired) electrons. The molecule has 120 valence electrons. The third-order valence-corrected chi connectivity index (χ3v) is 3.87. The van der Waals surface area contributed by atoms with Crippen LogP contribution in [0.1, 0.15) is 11.1 Å². The molecule has 0 N–H and O–H groups in total. The molecule has 0 unspecified atom stereocenters. The number of hydrogen-bond donors (Lipinski definition) is 0. The lowest BCUT2D eigenvalue weighted by Gasteiger charge is -1.99. The smallest absolute Gasteiger partial charge is 0.228 e. The zero-order valence-corrected chi connectivity index (χ0v) is 13.7. The molecule has 0 aliphatic carbocycles. The summed E-state index contributed by atoms with van der Waals surface area (Å²) in [5.74, 6) is 7.71. The minimum Gasteiger partial charge on any atom is -0.497 e. The molecule has 3 heteroatoms. The highest BCUT2D eigenvalue weighted by atomic mass is 16.5. The molecule has 1 heterocycles. The summed E-state index contributed by atoms with van der Waals surface area (Å²) in [5, 5.41) is 0. The second kappa shape index (κ2) is 6.54. The second-order valence-corrected chi connectivity index (χ2v) is 5.51. The number of rotatable bonds is 2. The third kappa shape index (κ3) is 3.11. The van der Waals surface area contributed by atoms with E-state index in [2.05, 4.69) is 16.8 Å². The highest BCUT2D eigenvalue weighted by Crippen LogP contribution is 2.28. The van der Waals surface area contributed by atoms with Gasteiger partial charge >= 0.3 is 0 Å². The maximum Gasteiger partial charge on any atom is 0.228 e. The normalized spacial score (nSPS) is 10.3. The van der Waals surface area contributed by atoms with Crippen molar-refractivity contribution in [3.8, 4) is 29.0 Å². The highest BCUT2D eigenvalue weighted by Gasteiger charge is 2.11. The van der Waals surface area contributed by atoms with Crippen molar-refractivity contribution in [2.75, 3.05) is 7.11 Å². The minimum atomic E-state index is 0.557. The summed E-state index contributed by atoms with van der Waals surface area (Å²) in [7, 11) is 1.64. The quantitative estimate of drug-likeness (QED) is 0.492. The van der Waals surface area contributed by atoms with Gasteiger partial charge in [-0.25, -0.2) is 4.98 Å². The van der Waals surface area contributed by atoms with Gasteiger partial charge in [0, 0.05) is 17.2 Å². The van der Waals surface area contributed by atoms with Crippen LogP contribution in [0.5, 0.6) is 5.75 Å². The zero-order valence-electron chi connectivity index (χ0n) is 13.7. The second-order valence-electron chi connectivity index (χ2n) is 5.51. The van der Waals surface area contributed by atoms with E-state index in [1.165, 1.54) is 0 Å². The van der Waals surface area contributed by atoms with E-state index in [0.29, 0.717) is 5.89 Å². The molecule has 3 nitrogen and oxygen atoms in total. The van der Waals surface area contributed by atoms with Crippen LogP contribution in [-0.4, -0.2) is 12.1 Å². The van der Waals surface area contributed by atoms with Crippen LogP contribution in [0.15, 0.2) is 77.2 Å². The van der Waals surface area contributed by atoms with Gasteiger partial charge in [0.2, 0.25) is 5.89 Å². The average Bonchev–Trinajstić information content (AvgIpc) is 3.10. The molecule has 4 rings (SSSR count). The molecule has 0 aliphatic heterocycles. The molecule has 25 heavy (non-hydrogen) atoms. The van der Waals surface area contributed by atoms with Gasteiger partial charge in [-0.15, -0.1) is 0 Å². The first kappa shape index (κ1) is 15.0. The predicted molar refractivity (Wildman–Crippen MR) is 98.4 cm³/mol. The van der Waals surface area contributed by atoms with Gasteiger partial charge in [0.25, 0.3) is 0 Å². The Kier molecular flexibility index (Phi) is 3.94. The zero-order chi connectivity index (χ0) is 17.1. The molecule has 1 aromatic heterocycles. The molecule has 4 aromatic rings. The van der Waals surface area contributed by atoms with Gasteiger partial charge in [0.1, 0.15) is 11.3 Å². The Bertz CT molecular complexity index is 1090. The van der Waals surface area contributed by atoms with Gasteiger partial charge in [-0.1, -0.05) is 42.2 Å². The third-order valence-electron chi connectivity index (χ3n) is 3.87. The molecule has 0 aliphatic rings. The maximum absolute atomic E-state index is 5.91. The number of oxazole rings is 1. The Labute approximate surface area is 145 Å². The number of aromatic nitrogens is 1. The lowest BCUT2D eigenvalue weighted by Crippen LogP contribution is -1.84. The van der Waals surface area contributed by atoms with E-state index in [1.54, 1.807) is 7.11 Å². The predicted octanol–water partition coefficient (Wildman–Crippen LogP) is 4.90. The molecular formula is C22H15NO2. The van der Waals surface area contributed by atoms with Crippen molar-refractivity contribution in [1.82, 2.24) is 4.98 Å².